The van der Waals surface area contributed by atoms with Gasteiger partial charge in [0.05, 0.1) is 6.04 Å². The molecule has 0 amide bonds. The molecular formula is C16H16BrF2N. The lowest BCUT2D eigenvalue weighted by molar-refractivity contribution is 0.608. The number of hydrogen-bond donors (Lipinski definition) is 1. The first-order valence-corrected chi connectivity index (χ1v) is 7.12. The molecule has 0 radical (unpaired) electrons. The van der Waals surface area contributed by atoms with Crippen LogP contribution >= 0.6 is 15.9 Å². The Morgan fingerprint density at radius 3 is 2.15 bits per heavy atom. The van der Waals surface area contributed by atoms with Gasteiger partial charge in [0.25, 0.3) is 0 Å². The second kappa shape index (κ2) is 6.02. The maximum atomic E-state index is 13.5. The summed E-state index contributed by atoms with van der Waals surface area (Å²) in [4.78, 5) is 0. The number of nitrogens with one attached hydrogen (secondary N) is 1. The zero-order valence-corrected chi connectivity index (χ0v) is 13.2. The summed E-state index contributed by atoms with van der Waals surface area (Å²) in [5.74, 6) is -0.544. The third-order valence-corrected chi connectivity index (χ3v) is 4.13. The SMILES string of the molecule is CNC(c1cc(F)ccc1Br)c1c(C)cc(F)cc1C. The Morgan fingerprint density at radius 2 is 1.60 bits per heavy atom. The van der Waals surface area contributed by atoms with Gasteiger partial charge in [0.15, 0.2) is 0 Å². The molecule has 2 aromatic rings. The fourth-order valence-electron chi connectivity index (χ4n) is 2.57. The van der Waals surface area contributed by atoms with Crippen LogP contribution in [-0.4, -0.2) is 7.05 Å². The monoisotopic (exact) mass is 339 g/mol. The molecule has 0 heterocycles. The number of rotatable bonds is 3. The summed E-state index contributed by atoms with van der Waals surface area (Å²) in [5, 5.41) is 3.18. The molecule has 0 aliphatic carbocycles. The molecule has 2 rings (SSSR count). The lowest BCUT2D eigenvalue weighted by Gasteiger charge is -2.23. The van der Waals surface area contributed by atoms with Crippen molar-refractivity contribution in [2.75, 3.05) is 7.05 Å². The molecule has 0 bridgehead atoms. The van der Waals surface area contributed by atoms with Crippen molar-refractivity contribution in [3.05, 3.63) is 68.7 Å². The van der Waals surface area contributed by atoms with Crippen LogP contribution in [0.25, 0.3) is 0 Å². The van der Waals surface area contributed by atoms with Crippen LogP contribution in [0.15, 0.2) is 34.8 Å². The van der Waals surface area contributed by atoms with Crippen molar-refractivity contribution in [3.63, 3.8) is 0 Å². The highest BCUT2D eigenvalue weighted by Gasteiger charge is 2.20. The van der Waals surface area contributed by atoms with Crippen LogP contribution < -0.4 is 5.32 Å². The molecule has 1 nitrogen and oxygen atoms in total. The van der Waals surface area contributed by atoms with E-state index in [2.05, 4.69) is 21.2 Å². The van der Waals surface area contributed by atoms with Gasteiger partial charge in [-0.15, -0.1) is 0 Å². The maximum absolute atomic E-state index is 13.5. The van der Waals surface area contributed by atoms with Gasteiger partial charge in [0.1, 0.15) is 11.6 Å². The van der Waals surface area contributed by atoms with Gasteiger partial charge in [0, 0.05) is 4.47 Å². The van der Waals surface area contributed by atoms with Crippen molar-refractivity contribution < 1.29 is 8.78 Å². The molecule has 0 fully saturated rings. The van der Waals surface area contributed by atoms with Crippen LogP contribution in [0.2, 0.25) is 0 Å². The van der Waals surface area contributed by atoms with Crippen LogP contribution in [0.4, 0.5) is 8.78 Å². The summed E-state index contributed by atoms with van der Waals surface area (Å²) in [6.07, 6.45) is 0. The van der Waals surface area contributed by atoms with Gasteiger partial charge in [-0.05, 0) is 73.5 Å². The first-order valence-electron chi connectivity index (χ1n) is 6.33. The van der Waals surface area contributed by atoms with Crippen LogP contribution in [0, 0.1) is 25.5 Å². The van der Waals surface area contributed by atoms with E-state index in [1.54, 1.807) is 6.07 Å². The normalized spacial score (nSPS) is 12.5. The van der Waals surface area contributed by atoms with Gasteiger partial charge in [0.2, 0.25) is 0 Å². The topological polar surface area (TPSA) is 12.0 Å². The lowest BCUT2D eigenvalue weighted by atomic mass is 9.91. The van der Waals surface area contributed by atoms with Gasteiger partial charge in [-0.3, -0.25) is 0 Å². The molecule has 1 N–H and O–H groups in total. The average Bonchev–Trinajstić information content (AvgIpc) is 2.37. The van der Waals surface area contributed by atoms with Crippen molar-refractivity contribution in [2.24, 2.45) is 0 Å². The molecule has 1 unspecified atom stereocenters. The highest BCUT2D eigenvalue weighted by Crippen LogP contribution is 2.33. The molecule has 106 valence electrons. The lowest BCUT2D eigenvalue weighted by Crippen LogP contribution is -2.20. The smallest absolute Gasteiger partial charge is 0.123 e. The minimum absolute atomic E-state index is 0.194. The van der Waals surface area contributed by atoms with Crippen LogP contribution in [0.1, 0.15) is 28.3 Å². The third kappa shape index (κ3) is 2.91. The van der Waals surface area contributed by atoms with Gasteiger partial charge in [-0.1, -0.05) is 15.9 Å². The minimum atomic E-state index is -0.291. The molecule has 0 aromatic heterocycles. The highest BCUT2D eigenvalue weighted by molar-refractivity contribution is 9.10. The molecule has 0 saturated carbocycles. The zero-order valence-electron chi connectivity index (χ0n) is 11.6. The van der Waals surface area contributed by atoms with Crippen molar-refractivity contribution in [3.8, 4) is 0 Å². The Balaban J connectivity index is 2.61. The maximum Gasteiger partial charge on any atom is 0.123 e. The molecule has 20 heavy (non-hydrogen) atoms. The number of halogens is 3. The van der Waals surface area contributed by atoms with Crippen LogP contribution in [0.5, 0.6) is 0 Å². The van der Waals surface area contributed by atoms with Gasteiger partial charge in [-0.2, -0.15) is 0 Å². The first kappa shape index (κ1) is 15.1. The molecule has 0 aliphatic heterocycles. The van der Waals surface area contributed by atoms with E-state index in [0.29, 0.717) is 0 Å². The molecule has 0 spiro atoms. The Bertz CT molecular complexity index is 617. The quantitative estimate of drug-likeness (QED) is 0.857. The summed E-state index contributed by atoms with van der Waals surface area (Å²) in [5.41, 5.74) is 3.46. The Labute approximate surface area is 126 Å². The van der Waals surface area contributed by atoms with E-state index in [9.17, 15) is 8.78 Å². The van der Waals surface area contributed by atoms with E-state index in [1.807, 2.05) is 20.9 Å². The minimum Gasteiger partial charge on any atom is -0.309 e. The van der Waals surface area contributed by atoms with Crippen LogP contribution in [0.3, 0.4) is 0 Å². The summed E-state index contributed by atoms with van der Waals surface area (Å²) in [7, 11) is 1.81. The van der Waals surface area contributed by atoms with Crippen molar-refractivity contribution in [2.45, 2.75) is 19.9 Å². The van der Waals surface area contributed by atoms with E-state index >= 15 is 0 Å². The van der Waals surface area contributed by atoms with E-state index in [-0.39, 0.29) is 17.7 Å². The Kier molecular flexibility index (Phi) is 4.55. The fraction of sp³-hybridized carbons (Fsp3) is 0.250. The van der Waals surface area contributed by atoms with E-state index in [0.717, 1.165) is 26.7 Å². The molecule has 4 heteroatoms. The number of aryl methyl sites for hydroxylation is 2. The predicted molar refractivity (Wildman–Crippen MR) is 80.9 cm³/mol. The standard InChI is InChI=1S/C16H16BrF2N/c1-9-6-12(19)7-10(2)15(9)16(20-3)13-8-11(18)4-5-14(13)17/h4-8,16,20H,1-3H3. The van der Waals surface area contributed by atoms with E-state index in [1.165, 1.54) is 24.3 Å². The van der Waals surface area contributed by atoms with Crippen molar-refractivity contribution in [1.29, 1.82) is 0 Å². The largest absolute Gasteiger partial charge is 0.309 e. The van der Waals surface area contributed by atoms with Gasteiger partial charge < -0.3 is 5.32 Å². The first-order chi connectivity index (χ1) is 9.43. The number of hydrogen-bond acceptors (Lipinski definition) is 1. The number of benzene rings is 2. The summed E-state index contributed by atoms with van der Waals surface area (Å²) < 4.78 is 27.8. The zero-order chi connectivity index (χ0) is 14.9. The summed E-state index contributed by atoms with van der Waals surface area (Å²) in [6, 6.07) is 7.39. The Morgan fingerprint density at radius 1 is 1.00 bits per heavy atom. The predicted octanol–water partition coefficient (Wildman–Crippen LogP) is 4.65. The van der Waals surface area contributed by atoms with Gasteiger partial charge >= 0.3 is 0 Å². The van der Waals surface area contributed by atoms with E-state index < -0.39 is 0 Å². The average molecular weight is 340 g/mol. The summed E-state index contributed by atoms with van der Waals surface area (Å²) in [6.45, 7) is 3.73. The molecule has 0 aliphatic rings. The molecule has 2 aromatic carbocycles. The second-order valence-electron chi connectivity index (χ2n) is 4.84. The van der Waals surface area contributed by atoms with Crippen molar-refractivity contribution in [1.82, 2.24) is 5.32 Å². The third-order valence-electron chi connectivity index (χ3n) is 3.40. The van der Waals surface area contributed by atoms with Crippen molar-refractivity contribution >= 4 is 15.9 Å². The molecule has 1 atom stereocenters. The fourth-order valence-corrected chi connectivity index (χ4v) is 3.04. The molecule has 0 saturated heterocycles. The summed E-state index contributed by atoms with van der Waals surface area (Å²) >= 11 is 3.45. The van der Waals surface area contributed by atoms with Crippen LogP contribution in [-0.2, 0) is 0 Å². The van der Waals surface area contributed by atoms with E-state index in [4.69, 9.17) is 0 Å². The van der Waals surface area contributed by atoms with Gasteiger partial charge in [-0.25, -0.2) is 8.78 Å². The molecular weight excluding hydrogens is 324 g/mol. The highest BCUT2D eigenvalue weighted by atomic mass is 79.9. The second-order valence-corrected chi connectivity index (χ2v) is 5.70. The Hall–Kier alpha value is -1.26.